The Balaban J connectivity index is 1.55. The lowest BCUT2D eigenvalue weighted by Gasteiger charge is -2.36. The van der Waals surface area contributed by atoms with Gasteiger partial charge in [0.15, 0.2) is 0 Å². The summed E-state index contributed by atoms with van der Waals surface area (Å²) in [4.78, 5) is 24.8. The Morgan fingerprint density at radius 3 is 2.86 bits per heavy atom. The van der Waals surface area contributed by atoms with Crippen LogP contribution in [0.4, 0.5) is 5.95 Å². The number of aromatic amines is 1. The maximum Gasteiger partial charge on any atom is 0.255 e. The zero-order valence-corrected chi connectivity index (χ0v) is 16.3. The van der Waals surface area contributed by atoms with Crippen LogP contribution in [0.15, 0.2) is 29.1 Å². The molecule has 0 aliphatic carbocycles. The summed E-state index contributed by atoms with van der Waals surface area (Å²) in [6, 6.07) is 9.86. The summed E-state index contributed by atoms with van der Waals surface area (Å²) in [5.74, 6) is 0.638. The first-order valence-electron chi connectivity index (χ1n) is 9.75. The number of H-pyrrole nitrogens is 1. The lowest BCUT2D eigenvalue weighted by Crippen LogP contribution is -2.47. The number of aromatic nitrogens is 2. The number of anilines is 1. The molecule has 0 spiro atoms. The van der Waals surface area contributed by atoms with Crippen molar-refractivity contribution in [2.75, 3.05) is 24.5 Å². The number of benzene rings is 1. The average Bonchev–Trinajstić information content (AvgIpc) is 2.67. The predicted octanol–water partition coefficient (Wildman–Crippen LogP) is 1.81. The summed E-state index contributed by atoms with van der Waals surface area (Å²) in [6.45, 7) is 7.70. The summed E-state index contributed by atoms with van der Waals surface area (Å²) in [7, 11) is 0. The van der Waals surface area contributed by atoms with E-state index in [4.69, 9.17) is 15.0 Å². The third-order valence-electron chi connectivity index (χ3n) is 5.32. The highest BCUT2D eigenvalue weighted by Crippen LogP contribution is 2.21. The maximum absolute atomic E-state index is 12.6. The average molecular weight is 379 g/mol. The zero-order chi connectivity index (χ0) is 19.7. The van der Waals surface area contributed by atoms with Crippen LogP contribution in [0.1, 0.15) is 36.2 Å². The topological polar surface area (TPSA) is 85.3 Å². The van der Waals surface area contributed by atoms with Crippen molar-refractivity contribution in [2.24, 2.45) is 0 Å². The van der Waals surface area contributed by atoms with Crippen molar-refractivity contribution in [3.05, 3.63) is 57.0 Å². The Bertz CT molecular complexity index is 954. The van der Waals surface area contributed by atoms with Crippen LogP contribution in [0.25, 0.3) is 0 Å². The van der Waals surface area contributed by atoms with E-state index in [0.29, 0.717) is 24.5 Å². The monoisotopic (exact) mass is 379 g/mol. The van der Waals surface area contributed by atoms with E-state index < -0.39 is 0 Å². The first kappa shape index (κ1) is 18.7. The Morgan fingerprint density at radius 1 is 1.32 bits per heavy atom. The van der Waals surface area contributed by atoms with Crippen molar-refractivity contribution in [2.45, 2.75) is 45.6 Å². The molecule has 146 valence electrons. The number of morpholine rings is 1. The minimum atomic E-state index is -0.0297. The molecule has 1 N–H and O–H groups in total. The highest BCUT2D eigenvalue weighted by Gasteiger charge is 2.27. The number of ether oxygens (including phenoxy) is 1. The largest absolute Gasteiger partial charge is 0.372 e. The number of nitriles is 1. The van der Waals surface area contributed by atoms with Gasteiger partial charge in [-0.25, -0.2) is 4.98 Å². The van der Waals surface area contributed by atoms with Crippen LogP contribution in [0.3, 0.4) is 0 Å². The summed E-state index contributed by atoms with van der Waals surface area (Å²) < 4.78 is 5.79. The predicted molar refractivity (Wildman–Crippen MR) is 106 cm³/mol. The minimum absolute atomic E-state index is 0.0297. The fourth-order valence-corrected chi connectivity index (χ4v) is 4.11. The summed E-state index contributed by atoms with van der Waals surface area (Å²) in [5, 5.41) is 9.09. The molecule has 1 aromatic carbocycles. The summed E-state index contributed by atoms with van der Waals surface area (Å²) in [5.41, 5.74) is 3.39. The maximum atomic E-state index is 12.6. The van der Waals surface area contributed by atoms with E-state index in [1.807, 2.05) is 38.1 Å². The Morgan fingerprint density at radius 2 is 2.11 bits per heavy atom. The van der Waals surface area contributed by atoms with Gasteiger partial charge in [0.05, 0.1) is 29.5 Å². The van der Waals surface area contributed by atoms with Crippen LogP contribution < -0.4 is 10.5 Å². The molecule has 4 rings (SSSR count). The van der Waals surface area contributed by atoms with Gasteiger partial charge in [0.1, 0.15) is 0 Å². The molecule has 2 aliphatic rings. The SMILES string of the molecule is C[C@@H]1CN(c2nc3c(c(=O)[nH]2)CCN(Cc2cccc(C#N)c2)C3)C[C@H](C)O1. The molecule has 7 heteroatoms. The van der Waals surface area contributed by atoms with Crippen molar-refractivity contribution >= 4 is 5.95 Å². The van der Waals surface area contributed by atoms with Gasteiger partial charge in [0.2, 0.25) is 5.95 Å². The quantitative estimate of drug-likeness (QED) is 0.876. The lowest BCUT2D eigenvalue weighted by atomic mass is 10.0. The first-order valence-corrected chi connectivity index (χ1v) is 9.75. The molecular formula is C21H25N5O2. The molecule has 2 aromatic rings. The van der Waals surface area contributed by atoms with Gasteiger partial charge in [-0.15, -0.1) is 0 Å². The molecule has 0 amide bonds. The van der Waals surface area contributed by atoms with Crippen molar-refractivity contribution in [3.8, 4) is 6.07 Å². The molecule has 2 aliphatic heterocycles. The van der Waals surface area contributed by atoms with E-state index in [-0.39, 0.29) is 17.8 Å². The van der Waals surface area contributed by atoms with Crippen LogP contribution in [-0.2, 0) is 24.2 Å². The van der Waals surface area contributed by atoms with Gasteiger partial charge >= 0.3 is 0 Å². The number of fused-ring (bicyclic) bond motifs is 1. The van der Waals surface area contributed by atoms with Gasteiger partial charge in [-0.3, -0.25) is 14.7 Å². The zero-order valence-electron chi connectivity index (χ0n) is 16.3. The number of nitrogens with one attached hydrogen (secondary N) is 1. The molecular weight excluding hydrogens is 354 g/mol. The van der Waals surface area contributed by atoms with Crippen molar-refractivity contribution in [1.29, 1.82) is 5.26 Å². The minimum Gasteiger partial charge on any atom is -0.372 e. The molecule has 0 bridgehead atoms. The second-order valence-electron chi connectivity index (χ2n) is 7.75. The molecule has 1 fully saturated rings. The van der Waals surface area contributed by atoms with Crippen molar-refractivity contribution in [3.63, 3.8) is 0 Å². The standard InChI is InChI=1S/C21H25N5O2/c1-14-10-26(11-15(2)28-14)21-23-19-13-25(7-6-18(19)20(27)24-21)12-17-5-3-4-16(8-17)9-22/h3-5,8,14-15H,6-7,10-13H2,1-2H3,(H,23,24,27)/t14-,15+. The van der Waals surface area contributed by atoms with E-state index in [2.05, 4.69) is 20.9 Å². The molecule has 0 radical (unpaired) electrons. The van der Waals surface area contributed by atoms with Crippen LogP contribution >= 0.6 is 0 Å². The second-order valence-corrected chi connectivity index (χ2v) is 7.75. The van der Waals surface area contributed by atoms with Crippen LogP contribution in [0.2, 0.25) is 0 Å². The Kier molecular flexibility index (Phi) is 5.16. The molecule has 1 saturated heterocycles. The number of hydrogen-bond donors (Lipinski definition) is 1. The summed E-state index contributed by atoms with van der Waals surface area (Å²) >= 11 is 0. The van der Waals surface area contributed by atoms with Crippen LogP contribution in [0.5, 0.6) is 0 Å². The lowest BCUT2D eigenvalue weighted by molar-refractivity contribution is -0.00576. The Hall–Kier alpha value is -2.69. The Labute approximate surface area is 164 Å². The molecule has 28 heavy (non-hydrogen) atoms. The second kappa shape index (κ2) is 7.74. The van der Waals surface area contributed by atoms with Crippen molar-refractivity contribution in [1.82, 2.24) is 14.9 Å². The van der Waals surface area contributed by atoms with Crippen LogP contribution in [0, 0.1) is 11.3 Å². The smallest absolute Gasteiger partial charge is 0.255 e. The molecule has 2 atom stereocenters. The number of nitrogens with zero attached hydrogens (tertiary/aromatic N) is 4. The fourth-order valence-electron chi connectivity index (χ4n) is 4.11. The van der Waals surface area contributed by atoms with Gasteiger partial charge in [0, 0.05) is 38.3 Å². The van der Waals surface area contributed by atoms with E-state index in [1.54, 1.807) is 0 Å². The highest BCUT2D eigenvalue weighted by atomic mass is 16.5. The molecule has 0 unspecified atom stereocenters. The van der Waals surface area contributed by atoms with Gasteiger partial charge in [-0.2, -0.15) is 5.26 Å². The van der Waals surface area contributed by atoms with E-state index >= 15 is 0 Å². The van der Waals surface area contributed by atoms with Gasteiger partial charge in [-0.05, 0) is 38.0 Å². The molecule has 3 heterocycles. The van der Waals surface area contributed by atoms with E-state index in [0.717, 1.165) is 43.0 Å². The summed E-state index contributed by atoms with van der Waals surface area (Å²) in [6.07, 6.45) is 0.897. The van der Waals surface area contributed by atoms with Gasteiger partial charge in [-0.1, -0.05) is 12.1 Å². The third kappa shape index (κ3) is 3.93. The molecule has 7 nitrogen and oxygen atoms in total. The number of rotatable bonds is 3. The van der Waals surface area contributed by atoms with Crippen molar-refractivity contribution < 1.29 is 4.74 Å². The third-order valence-corrected chi connectivity index (χ3v) is 5.32. The van der Waals surface area contributed by atoms with Gasteiger partial charge in [0.25, 0.3) is 5.56 Å². The van der Waals surface area contributed by atoms with E-state index in [9.17, 15) is 4.79 Å². The number of hydrogen-bond acceptors (Lipinski definition) is 6. The highest BCUT2D eigenvalue weighted by molar-refractivity contribution is 5.36. The molecule has 0 saturated carbocycles. The molecule has 1 aromatic heterocycles. The van der Waals surface area contributed by atoms with Crippen LogP contribution in [-0.4, -0.2) is 46.7 Å². The first-order chi connectivity index (χ1) is 13.5. The fraction of sp³-hybridized carbons (Fsp3) is 0.476. The normalized spacial score (nSPS) is 22.5. The van der Waals surface area contributed by atoms with Gasteiger partial charge < -0.3 is 9.64 Å². The van der Waals surface area contributed by atoms with E-state index in [1.165, 1.54) is 0 Å².